The summed E-state index contributed by atoms with van der Waals surface area (Å²) >= 11 is 12.0. The third-order valence-electron chi connectivity index (χ3n) is 6.41. The van der Waals surface area contributed by atoms with E-state index in [0.29, 0.717) is 10.1 Å². The molecule has 0 radical (unpaired) electrons. The molecule has 0 saturated carbocycles. The third kappa shape index (κ3) is 4.95. The van der Waals surface area contributed by atoms with Crippen molar-refractivity contribution in [2.75, 3.05) is 10.2 Å². The standard InChI is InChI=1S/C28H27ClN6OS/c1-17(2)27(36)32-21-11-10-20(15-18(21)3)35-26(25(33-28(35)37)22-7-4-5-13-30-22)23-8-6-14-34(23)24-12-9-19(29)16-31-24/h4-17,25-26H,1-3H3,(H,32,36)(H,33,37)/t25-,26+/m0/s1. The van der Waals surface area contributed by atoms with E-state index < -0.39 is 0 Å². The van der Waals surface area contributed by atoms with Crippen molar-refractivity contribution >= 4 is 46.2 Å². The van der Waals surface area contributed by atoms with Gasteiger partial charge in [0.05, 0.1) is 16.8 Å². The summed E-state index contributed by atoms with van der Waals surface area (Å²) in [5.41, 5.74) is 4.52. The number of halogens is 1. The first-order chi connectivity index (χ1) is 17.8. The number of amides is 1. The number of rotatable bonds is 6. The van der Waals surface area contributed by atoms with Crippen LogP contribution < -0.4 is 15.5 Å². The molecule has 1 aliphatic heterocycles. The summed E-state index contributed by atoms with van der Waals surface area (Å²) in [5.74, 6) is 0.632. The van der Waals surface area contributed by atoms with E-state index in [4.69, 9.17) is 23.8 Å². The maximum absolute atomic E-state index is 12.3. The zero-order chi connectivity index (χ0) is 26.1. The predicted octanol–water partition coefficient (Wildman–Crippen LogP) is 6.00. The topological polar surface area (TPSA) is 75.1 Å². The van der Waals surface area contributed by atoms with E-state index in [1.54, 1.807) is 12.4 Å². The van der Waals surface area contributed by atoms with Crippen molar-refractivity contribution in [3.63, 3.8) is 0 Å². The second kappa shape index (κ2) is 10.3. The molecule has 1 saturated heterocycles. The average molecular weight is 531 g/mol. The molecule has 2 atom stereocenters. The van der Waals surface area contributed by atoms with Crippen molar-refractivity contribution in [2.24, 2.45) is 5.92 Å². The maximum atomic E-state index is 12.3. The minimum Gasteiger partial charge on any atom is -0.351 e. The molecule has 1 aliphatic rings. The minimum atomic E-state index is -0.217. The first kappa shape index (κ1) is 24.9. The molecule has 4 heterocycles. The largest absolute Gasteiger partial charge is 0.351 e. The second-order valence-corrected chi connectivity index (χ2v) is 10.1. The highest BCUT2D eigenvalue weighted by atomic mass is 35.5. The normalized spacial score (nSPS) is 17.2. The molecule has 37 heavy (non-hydrogen) atoms. The Kier molecular flexibility index (Phi) is 6.95. The van der Waals surface area contributed by atoms with Gasteiger partial charge in [-0.2, -0.15) is 0 Å². The van der Waals surface area contributed by atoms with E-state index >= 15 is 0 Å². The molecule has 9 heteroatoms. The highest BCUT2D eigenvalue weighted by Crippen LogP contribution is 2.42. The van der Waals surface area contributed by atoms with Gasteiger partial charge in [0.15, 0.2) is 5.11 Å². The first-order valence-corrected chi connectivity index (χ1v) is 12.8. The quantitative estimate of drug-likeness (QED) is 0.298. The molecule has 0 aliphatic carbocycles. The van der Waals surface area contributed by atoms with Crippen LogP contribution in [0.3, 0.4) is 0 Å². The van der Waals surface area contributed by atoms with Crippen LogP contribution in [0.25, 0.3) is 5.82 Å². The Balaban J connectivity index is 1.59. The summed E-state index contributed by atoms with van der Waals surface area (Å²) in [4.78, 5) is 23.6. The monoisotopic (exact) mass is 530 g/mol. The molecular formula is C28H27ClN6OS. The molecule has 1 aromatic carbocycles. The van der Waals surface area contributed by atoms with Gasteiger partial charge in [-0.1, -0.05) is 31.5 Å². The Labute approximate surface area is 226 Å². The van der Waals surface area contributed by atoms with Gasteiger partial charge in [0.1, 0.15) is 11.9 Å². The highest BCUT2D eigenvalue weighted by Gasteiger charge is 2.42. The molecular weight excluding hydrogens is 504 g/mol. The summed E-state index contributed by atoms with van der Waals surface area (Å²) in [6.45, 7) is 5.73. The van der Waals surface area contributed by atoms with Gasteiger partial charge in [-0.25, -0.2) is 4.98 Å². The van der Waals surface area contributed by atoms with Crippen LogP contribution in [-0.2, 0) is 4.79 Å². The van der Waals surface area contributed by atoms with Crippen molar-refractivity contribution in [2.45, 2.75) is 32.9 Å². The number of aryl methyl sites for hydroxylation is 1. The Bertz CT molecular complexity index is 1440. The van der Waals surface area contributed by atoms with Crippen LogP contribution in [0.1, 0.15) is 42.9 Å². The lowest BCUT2D eigenvalue weighted by Gasteiger charge is -2.29. The highest BCUT2D eigenvalue weighted by molar-refractivity contribution is 7.80. The van der Waals surface area contributed by atoms with Crippen LogP contribution in [0.5, 0.6) is 0 Å². The van der Waals surface area contributed by atoms with Gasteiger partial charge in [-0.3, -0.25) is 9.78 Å². The molecule has 7 nitrogen and oxygen atoms in total. The fraction of sp³-hybridized carbons (Fsp3) is 0.214. The lowest BCUT2D eigenvalue weighted by atomic mass is 10.0. The summed E-state index contributed by atoms with van der Waals surface area (Å²) in [5, 5.41) is 7.68. The van der Waals surface area contributed by atoms with E-state index in [-0.39, 0.29) is 23.9 Å². The number of nitrogens with one attached hydrogen (secondary N) is 2. The predicted molar refractivity (Wildman–Crippen MR) is 151 cm³/mol. The van der Waals surface area contributed by atoms with Gasteiger partial charge >= 0.3 is 0 Å². The van der Waals surface area contributed by atoms with Crippen LogP contribution in [0, 0.1) is 12.8 Å². The van der Waals surface area contributed by atoms with Crippen LogP contribution in [0.4, 0.5) is 11.4 Å². The number of pyridine rings is 2. The first-order valence-electron chi connectivity index (χ1n) is 12.0. The van der Waals surface area contributed by atoms with Crippen molar-refractivity contribution in [1.29, 1.82) is 0 Å². The summed E-state index contributed by atoms with van der Waals surface area (Å²) in [6, 6.07) is 19.2. The fourth-order valence-corrected chi connectivity index (χ4v) is 4.96. The van der Waals surface area contributed by atoms with Crippen LogP contribution in [0.15, 0.2) is 79.3 Å². The van der Waals surface area contributed by atoms with Crippen molar-refractivity contribution in [3.8, 4) is 5.82 Å². The molecule has 0 unspecified atom stereocenters. The number of thiocarbonyl (C=S) groups is 1. The van der Waals surface area contributed by atoms with Gasteiger partial charge in [0.25, 0.3) is 0 Å². The fourth-order valence-electron chi connectivity index (χ4n) is 4.50. The van der Waals surface area contributed by atoms with E-state index in [0.717, 1.165) is 34.1 Å². The van der Waals surface area contributed by atoms with Crippen LogP contribution in [-0.4, -0.2) is 25.6 Å². The Morgan fingerprint density at radius 3 is 2.62 bits per heavy atom. The van der Waals surface area contributed by atoms with E-state index in [1.165, 1.54) is 0 Å². The minimum absolute atomic E-state index is 0.0180. The smallest absolute Gasteiger partial charge is 0.226 e. The molecule has 1 amide bonds. The SMILES string of the molecule is Cc1cc(N2C(=S)N[C@@H](c3ccccn3)[C@H]2c2cccn2-c2ccc(Cl)cn2)ccc1NC(=O)C(C)C. The molecule has 2 N–H and O–H groups in total. The van der Waals surface area contributed by atoms with Crippen molar-refractivity contribution in [3.05, 3.63) is 101 Å². The van der Waals surface area contributed by atoms with Gasteiger partial charge in [0, 0.05) is 41.6 Å². The zero-order valence-electron chi connectivity index (χ0n) is 20.7. The van der Waals surface area contributed by atoms with Gasteiger partial charge in [0.2, 0.25) is 5.91 Å². The lowest BCUT2D eigenvalue weighted by Crippen LogP contribution is -2.30. The Hall–Kier alpha value is -3.75. The summed E-state index contributed by atoms with van der Waals surface area (Å²) in [7, 11) is 0. The summed E-state index contributed by atoms with van der Waals surface area (Å²) < 4.78 is 2.05. The van der Waals surface area contributed by atoms with E-state index in [2.05, 4.69) is 31.6 Å². The number of carbonyl (C=O) groups is 1. The molecule has 5 rings (SSSR count). The van der Waals surface area contributed by atoms with Gasteiger partial charge in [-0.15, -0.1) is 0 Å². The Morgan fingerprint density at radius 2 is 1.95 bits per heavy atom. The number of hydrogen-bond donors (Lipinski definition) is 2. The average Bonchev–Trinajstić information content (AvgIpc) is 3.50. The lowest BCUT2D eigenvalue weighted by molar-refractivity contribution is -0.118. The molecule has 0 bridgehead atoms. The van der Waals surface area contributed by atoms with Crippen molar-refractivity contribution < 1.29 is 4.79 Å². The van der Waals surface area contributed by atoms with Crippen LogP contribution in [0.2, 0.25) is 5.02 Å². The number of carbonyl (C=O) groups excluding carboxylic acids is 1. The molecule has 188 valence electrons. The third-order valence-corrected chi connectivity index (χ3v) is 6.95. The number of aromatic nitrogens is 3. The molecule has 1 fully saturated rings. The maximum Gasteiger partial charge on any atom is 0.226 e. The van der Waals surface area contributed by atoms with Crippen LogP contribution >= 0.6 is 23.8 Å². The second-order valence-electron chi connectivity index (χ2n) is 9.28. The van der Waals surface area contributed by atoms with Crippen molar-refractivity contribution in [1.82, 2.24) is 19.9 Å². The number of anilines is 2. The van der Waals surface area contributed by atoms with Gasteiger partial charge in [-0.05, 0) is 79.3 Å². The number of nitrogens with zero attached hydrogens (tertiary/aromatic N) is 4. The number of benzene rings is 1. The Morgan fingerprint density at radius 1 is 1.11 bits per heavy atom. The molecule has 3 aromatic heterocycles. The van der Waals surface area contributed by atoms with E-state index in [1.807, 2.05) is 86.1 Å². The van der Waals surface area contributed by atoms with Gasteiger partial charge < -0.3 is 20.1 Å². The molecule has 0 spiro atoms. The molecule has 4 aromatic rings. The summed E-state index contributed by atoms with van der Waals surface area (Å²) in [6.07, 6.45) is 5.41. The zero-order valence-corrected chi connectivity index (χ0v) is 22.3. The van der Waals surface area contributed by atoms with E-state index in [9.17, 15) is 4.79 Å². The number of hydrogen-bond acceptors (Lipinski definition) is 4.